The zero-order valence-corrected chi connectivity index (χ0v) is 41.6. The minimum Gasteiger partial charge on any atom is -0.316 e. The minimum absolute atomic E-state index is 0. The standard InChI is InChI=1S/C44H32N3S.C14H16NSi.Ir/c1-44(2,3)31-25-36(28-15-6-4-7-16-28)40(37(26-31)29-17-8-5-9-18-29)47-42(46-39-32-20-11-10-19-30(32)27-45-43(39)47)35-23-14-22-34-33-21-12-13-24-38(33)48-41(34)35;1-16(2,3)13-9-10-14(15-11-13)12-7-5-4-6-8-12;/h4-22,24-27H,1-3H3;4-7,9-11H,1-3H3;/q2*-1;. The first-order valence-corrected chi connectivity index (χ1v) is 26.2. The van der Waals surface area contributed by atoms with Crippen LogP contribution >= 0.6 is 11.3 Å². The molecule has 7 heteroatoms. The largest absolute Gasteiger partial charge is 0.316 e. The van der Waals surface area contributed by atoms with E-state index < -0.39 is 8.07 Å². The van der Waals surface area contributed by atoms with Crippen LogP contribution < -0.4 is 5.19 Å². The third kappa shape index (κ3) is 8.53. The number of benzene rings is 7. The molecule has 0 bridgehead atoms. The van der Waals surface area contributed by atoms with Crippen LogP contribution in [-0.4, -0.2) is 27.6 Å². The van der Waals surface area contributed by atoms with Crippen molar-refractivity contribution in [3.05, 3.63) is 200 Å². The normalized spacial score (nSPS) is 11.7. The minimum atomic E-state index is -1.23. The summed E-state index contributed by atoms with van der Waals surface area (Å²) in [6.07, 6.45) is 4.00. The summed E-state index contributed by atoms with van der Waals surface area (Å²) in [5, 5.41) is 6.02. The number of thiophene rings is 1. The molecule has 4 aromatic heterocycles. The maximum Gasteiger partial charge on any atom is 0.156 e. The van der Waals surface area contributed by atoms with Crippen LogP contribution in [0.5, 0.6) is 0 Å². The van der Waals surface area contributed by atoms with Crippen molar-refractivity contribution < 1.29 is 20.1 Å². The molecule has 0 saturated heterocycles. The Balaban J connectivity index is 0.000000266. The second-order valence-corrected chi connectivity index (χ2v) is 24.5. The van der Waals surface area contributed by atoms with Gasteiger partial charge < -0.3 is 9.55 Å². The molecule has 4 nitrogen and oxygen atoms in total. The van der Waals surface area contributed by atoms with Crippen LogP contribution in [0.4, 0.5) is 0 Å². The molecule has 65 heavy (non-hydrogen) atoms. The monoisotopic (exact) mass is 1050 g/mol. The van der Waals surface area contributed by atoms with E-state index in [-0.39, 0.29) is 25.5 Å². The Morgan fingerprint density at radius 1 is 0.600 bits per heavy atom. The van der Waals surface area contributed by atoms with E-state index in [0.717, 1.165) is 72.5 Å². The van der Waals surface area contributed by atoms with E-state index in [0.29, 0.717) is 0 Å². The van der Waals surface area contributed by atoms with Crippen molar-refractivity contribution in [2.24, 2.45) is 0 Å². The maximum atomic E-state index is 5.52. The molecule has 0 aliphatic carbocycles. The van der Waals surface area contributed by atoms with Gasteiger partial charge in [-0.15, -0.1) is 54.1 Å². The van der Waals surface area contributed by atoms with Crippen LogP contribution in [0, 0.1) is 12.1 Å². The average molecular weight is 1050 g/mol. The van der Waals surface area contributed by atoms with Crippen LogP contribution in [0.2, 0.25) is 19.6 Å². The van der Waals surface area contributed by atoms with E-state index >= 15 is 0 Å². The van der Waals surface area contributed by atoms with Gasteiger partial charge in [-0.2, -0.15) is 11.3 Å². The van der Waals surface area contributed by atoms with Crippen molar-refractivity contribution in [3.8, 4) is 50.6 Å². The number of rotatable bonds is 6. The number of fused-ring (bicyclic) bond motifs is 6. The van der Waals surface area contributed by atoms with Gasteiger partial charge in [-0.1, -0.05) is 167 Å². The first-order valence-electron chi connectivity index (χ1n) is 21.8. The fraction of sp³-hybridized carbons (Fsp3) is 0.121. The predicted octanol–water partition coefficient (Wildman–Crippen LogP) is 15.1. The van der Waals surface area contributed by atoms with Gasteiger partial charge in [0.05, 0.1) is 19.6 Å². The van der Waals surface area contributed by atoms with Crippen LogP contribution in [0.15, 0.2) is 182 Å². The van der Waals surface area contributed by atoms with Gasteiger partial charge in [0.25, 0.3) is 0 Å². The van der Waals surface area contributed by atoms with Gasteiger partial charge in [0.2, 0.25) is 0 Å². The predicted molar refractivity (Wildman–Crippen MR) is 275 cm³/mol. The Bertz CT molecular complexity index is 3380. The van der Waals surface area contributed by atoms with Crippen LogP contribution in [0.1, 0.15) is 26.3 Å². The summed E-state index contributed by atoms with van der Waals surface area (Å²) in [6, 6.07) is 66.6. The van der Waals surface area contributed by atoms with E-state index in [1.165, 1.54) is 30.9 Å². The molecule has 0 amide bonds. The third-order valence-corrected chi connectivity index (χ3v) is 15.2. The quantitative estimate of drug-likeness (QED) is 0.123. The molecule has 4 heterocycles. The number of nitrogens with zero attached hydrogens (tertiary/aromatic N) is 4. The second-order valence-electron chi connectivity index (χ2n) is 18.3. The van der Waals surface area contributed by atoms with Crippen LogP contribution in [0.3, 0.4) is 0 Å². The van der Waals surface area contributed by atoms with Gasteiger partial charge in [0, 0.05) is 59.1 Å². The molecule has 11 aromatic rings. The number of imidazole rings is 1. The molecule has 1 radical (unpaired) electrons. The fourth-order valence-electron chi connectivity index (χ4n) is 8.44. The van der Waals surface area contributed by atoms with Crippen molar-refractivity contribution in [2.45, 2.75) is 45.8 Å². The smallest absolute Gasteiger partial charge is 0.156 e. The second kappa shape index (κ2) is 17.9. The van der Waals surface area contributed by atoms with Crippen LogP contribution in [-0.2, 0) is 25.5 Å². The molecule has 0 atom stereocenters. The number of aromatic nitrogens is 4. The third-order valence-electron chi connectivity index (χ3n) is 11.9. The van der Waals surface area contributed by atoms with Crippen molar-refractivity contribution in [2.75, 3.05) is 0 Å². The zero-order chi connectivity index (χ0) is 44.0. The number of pyridine rings is 2. The van der Waals surface area contributed by atoms with E-state index in [1.54, 1.807) is 11.3 Å². The summed E-state index contributed by atoms with van der Waals surface area (Å²) in [6.45, 7) is 13.9. The molecule has 0 unspecified atom stereocenters. The van der Waals surface area contributed by atoms with Gasteiger partial charge in [0.15, 0.2) is 5.65 Å². The Labute approximate surface area is 400 Å². The maximum absolute atomic E-state index is 5.52. The number of hydrogen-bond acceptors (Lipinski definition) is 4. The number of hydrogen-bond donors (Lipinski definition) is 0. The first kappa shape index (κ1) is 43.9. The molecule has 0 aliphatic heterocycles. The Kier molecular flexibility index (Phi) is 12.1. The molecule has 11 rings (SSSR count). The van der Waals surface area contributed by atoms with Crippen molar-refractivity contribution in [3.63, 3.8) is 0 Å². The van der Waals surface area contributed by atoms with Crippen molar-refractivity contribution >= 4 is 66.7 Å². The van der Waals surface area contributed by atoms with Crippen LogP contribution in [0.25, 0.3) is 92.7 Å². The average Bonchev–Trinajstić information content (AvgIpc) is 3.91. The summed E-state index contributed by atoms with van der Waals surface area (Å²) in [7, 11) is -1.23. The molecular weight excluding hydrogens is 1010 g/mol. The molecule has 7 aromatic carbocycles. The van der Waals surface area contributed by atoms with E-state index in [9.17, 15) is 0 Å². The molecular formula is C58H48IrN4SSi-2. The molecule has 321 valence electrons. The van der Waals surface area contributed by atoms with E-state index in [4.69, 9.17) is 9.97 Å². The Morgan fingerprint density at radius 3 is 1.88 bits per heavy atom. The summed E-state index contributed by atoms with van der Waals surface area (Å²) in [5.74, 6) is 0.837. The summed E-state index contributed by atoms with van der Waals surface area (Å²) >= 11 is 1.80. The van der Waals surface area contributed by atoms with E-state index in [1.807, 2.05) is 42.7 Å². The van der Waals surface area contributed by atoms with E-state index in [2.05, 4.69) is 202 Å². The Morgan fingerprint density at radius 2 is 1.25 bits per heavy atom. The van der Waals surface area contributed by atoms with Crippen molar-refractivity contribution in [1.82, 2.24) is 19.5 Å². The molecule has 0 spiro atoms. The van der Waals surface area contributed by atoms with Gasteiger partial charge in [-0.3, -0.25) is 4.98 Å². The first-order chi connectivity index (χ1) is 31.0. The summed E-state index contributed by atoms with van der Waals surface area (Å²) < 4.78 is 4.74. The summed E-state index contributed by atoms with van der Waals surface area (Å²) in [4.78, 5) is 15.2. The molecule has 0 fully saturated rings. The summed E-state index contributed by atoms with van der Waals surface area (Å²) in [5.41, 5.74) is 11.6. The molecule has 0 aliphatic rings. The molecule has 0 saturated carbocycles. The van der Waals surface area contributed by atoms with Crippen molar-refractivity contribution in [1.29, 1.82) is 0 Å². The SMILES string of the molecule is CC(C)(C)c1cc(-c2ccccc2)c(-n2c(-c3[c-]ccc4c3sc3ccccc34)nc3c4ccccc4cnc32)c(-c2ccccc2)c1.C[Si](C)(C)c1ccc(-c2[c-]cccc2)nc1.[Ir]. The molecule has 0 N–H and O–H groups in total. The fourth-order valence-corrected chi connectivity index (χ4v) is 10.7. The van der Waals surface area contributed by atoms with Gasteiger partial charge in [-0.25, -0.2) is 4.98 Å². The van der Waals surface area contributed by atoms with Gasteiger partial charge in [0.1, 0.15) is 5.52 Å². The van der Waals surface area contributed by atoms with Gasteiger partial charge in [-0.05, 0) is 61.3 Å². The van der Waals surface area contributed by atoms with Gasteiger partial charge >= 0.3 is 0 Å². The topological polar surface area (TPSA) is 43.6 Å². The Hall–Kier alpha value is -6.34. The zero-order valence-electron chi connectivity index (χ0n) is 37.4.